The molecule has 0 saturated carbocycles. The van der Waals surface area contributed by atoms with Crippen molar-refractivity contribution in [1.82, 2.24) is 0 Å². The Bertz CT molecular complexity index is 311. The van der Waals surface area contributed by atoms with E-state index in [0.29, 0.717) is 0 Å². The first-order chi connectivity index (χ1) is 6.27. The largest absolute Gasteiger partial charge is 0.289 e. The van der Waals surface area contributed by atoms with Gasteiger partial charge < -0.3 is 0 Å². The Hall–Kier alpha value is -1.02. The van der Waals surface area contributed by atoms with Crippen molar-refractivity contribution in [3.63, 3.8) is 0 Å². The third-order valence-electron chi connectivity index (χ3n) is 1.69. The molecule has 0 atom stereocenters. The van der Waals surface area contributed by atoms with E-state index < -0.39 is 0 Å². The molecule has 0 aliphatic rings. The van der Waals surface area contributed by atoms with Crippen molar-refractivity contribution < 1.29 is 4.79 Å². The molecule has 1 aromatic rings. The third kappa shape index (κ3) is 2.74. The quantitative estimate of drug-likeness (QED) is 0.415. The molecule has 0 bridgehead atoms. The molecule has 0 unspecified atom stereocenters. The minimum absolute atomic E-state index is 0.0650. The fraction of sp³-hybridized carbons (Fsp3) is 0.182. The lowest BCUT2D eigenvalue weighted by Gasteiger charge is -1.97. The summed E-state index contributed by atoms with van der Waals surface area (Å²) in [5, 5.41) is 0. The SMILES string of the molecule is CC=CC(=O)c1ccc(SC)cc1. The zero-order valence-corrected chi connectivity index (χ0v) is 8.60. The van der Waals surface area contributed by atoms with E-state index in [1.807, 2.05) is 37.4 Å². The van der Waals surface area contributed by atoms with E-state index in [4.69, 9.17) is 0 Å². The van der Waals surface area contributed by atoms with Gasteiger partial charge in [0.25, 0.3) is 0 Å². The van der Waals surface area contributed by atoms with Gasteiger partial charge in [0.05, 0.1) is 0 Å². The Morgan fingerprint density at radius 2 is 1.92 bits per heavy atom. The van der Waals surface area contributed by atoms with E-state index in [1.165, 1.54) is 4.90 Å². The predicted molar refractivity (Wildman–Crippen MR) is 57.4 cm³/mol. The molecule has 2 heteroatoms. The summed E-state index contributed by atoms with van der Waals surface area (Å²) in [4.78, 5) is 12.5. The van der Waals surface area contributed by atoms with Crippen LogP contribution in [0, 0.1) is 0 Å². The van der Waals surface area contributed by atoms with Crippen LogP contribution < -0.4 is 0 Å². The van der Waals surface area contributed by atoms with E-state index in [0.717, 1.165) is 5.56 Å². The molecule has 0 saturated heterocycles. The maximum absolute atomic E-state index is 11.4. The molecular formula is C11H12OS. The van der Waals surface area contributed by atoms with Gasteiger partial charge >= 0.3 is 0 Å². The highest BCUT2D eigenvalue weighted by Crippen LogP contribution is 2.15. The molecule has 0 radical (unpaired) electrons. The molecule has 0 spiro atoms. The molecule has 68 valence electrons. The third-order valence-corrected chi connectivity index (χ3v) is 2.44. The Kier molecular flexibility index (Phi) is 3.77. The molecule has 0 fully saturated rings. The first-order valence-corrected chi connectivity index (χ1v) is 5.31. The number of carbonyl (C=O) groups is 1. The molecular weight excluding hydrogens is 180 g/mol. The van der Waals surface area contributed by atoms with Gasteiger partial charge in [0, 0.05) is 10.5 Å². The molecule has 1 nitrogen and oxygen atoms in total. The summed E-state index contributed by atoms with van der Waals surface area (Å²) in [5.41, 5.74) is 0.746. The topological polar surface area (TPSA) is 17.1 Å². The normalized spacial score (nSPS) is 10.6. The fourth-order valence-electron chi connectivity index (χ4n) is 1.00. The summed E-state index contributed by atoms with van der Waals surface area (Å²) >= 11 is 1.67. The second-order valence-corrected chi connectivity index (χ2v) is 3.47. The fourth-order valence-corrected chi connectivity index (χ4v) is 1.41. The highest BCUT2D eigenvalue weighted by Gasteiger charge is 1.99. The Labute approximate surface area is 82.9 Å². The average Bonchev–Trinajstić information content (AvgIpc) is 2.18. The smallest absolute Gasteiger partial charge is 0.185 e. The second kappa shape index (κ2) is 4.87. The number of benzene rings is 1. The van der Waals surface area contributed by atoms with Gasteiger partial charge in [0.15, 0.2) is 5.78 Å². The van der Waals surface area contributed by atoms with Crippen LogP contribution in [0.1, 0.15) is 17.3 Å². The number of hydrogen-bond acceptors (Lipinski definition) is 2. The lowest BCUT2D eigenvalue weighted by atomic mass is 10.1. The van der Waals surface area contributed by atoms with E-state index in [2.05, 4.69) is 0 Å². The number of carbonyl (C=O) groups excluding carboxylic acids is 1. The Morgan fingerprint density at radius 1 is 1.31 bits per heavy atom. The second-order valence-electron chi connectivity index (χ2n) is 2.59. The number of thioether (sulfide) groups is 1. The van der Waals surface area contributed by atoms with Crippen LogP contribution in [0.3, 0.4) is 0 Å². The zero-order valence-electron chi connectivity index (χ0n) is 7.78. The lowest BCUT2D eigenvalue weighted by molar-refractivity contribution is 0.104. The Morgan fingerprint density at radius 3 is 2.38 bits per heavy atom. The van der Waals surface area contributed by atoms with Crippen LogP contribution in [-0.2, 0) is 0 Å². The zero-order chi connectivity index (χ0) is 9.68. The molecule has 0 amide bonds. The van der Waals surface area contributed by atoms with Crippen LogP contribution in [0.5, 0.6) is 0 Å². The van der Waals surface area contributed by atoms with Gasteiger partial charge in [-0.15, -0.1) is 11.8 Å². The molecule has 0 heterocycles. The standard InChI is InChI=1S/C11H12OS/c1-3-4-11(12)9-5-7-10(13-2)8-6-9/h3-8H,1-2H3. The summed E-state index contributed by atoms with van der Waals surface area (Å²) in [6, 6.07) is 7.63. The van der Waals surface area contributed by atoms with Gasteiger partial charge in [-0.05, 0) is 43.5 Å². The van der Waals surface area contributed by atoms with Crippen LogP contribution in [0.2, 0.25) is 0 Å². The van der Waals surface area contributed by atoms with Gasteiger partial charge in [-0.25, -0.2) is 0 Å². The van der Waals surface area contributed by atoms with Crippen molar-refractivity contribution in [2.24, 2.45) is 0 Å². The maximum Gasteiger partial charge on any atom is 0.185 e. The minimum atomic E-state index is 0.0650. The van der Waals surface area contributed by atoms with Crippen LogP contribution in [0.25, 0.3) is 0 Å². The maximum atomic E-state index is 11.4. The van der Waals surface area contributed by atoms with Gasteiger partial charge in [-0.2, -0.15) is 0 Å². The highest BCUT2D eigenvalue weighted by molar-refractivity contribution is 7.98. The number of hydrogen-bond donors (Lipinski definition) is 0. The van der Waals surface area contributed by atoms with Gasteiger partial charge in [-0.3, -0.25) is 4.79 Å². The first-order valence-electron chi connectivity index (χ1n) is 4.09. The highest BCUT2D eigenvalue weighted by atomic mass is 32.2. The monoisotopic (exact) mass is 192 g/mol. The van der Waals surface area contributed by atoms with Crippen molar-refractivity contribution >= 4 is 17.5 Å². The Balaban J connectivity index is 2.85. The van der Waals surface area contributed by atoms with Crippen LogP contribution in [0.4, 0.5) is 0 Å². The van der Waals surface area contributed by atoms with Gasteiger partial charge in [0.2, 0.25) is 0 Å². The lowest BCUT2D eigenvalue weighted by Crippen LogP contribution is -1.92. The summed E-state index contributed by atoms with van der Waals surface area (Å²) in [6.45, 7) is 1.84. The van der Waals surface area contributed by atoms with Crippen LogP contribution in [-0.4, -0.2) is 12.0 Å². The summed E-state index contributed by atoms with van der Waals surface area (Å²) in [5.74, 6) is 0.0650. The molecule has 0 aliphatic carbocycles. The summed E-state index contributed by atoms with van der Waals surface area (Å²) in [7, 11) is 0. The minimum Gasteiger partial charge on any atom is -0.289 e. The average molecular weight is 192 g/mol. The van der Waals surface area contributed by atoms with E-state index in [1.54, 1.807) is 23.9 Å². The van der Waals surface area contributed by atoms with E-state index >= 15 is 0 Å². The molecule has 1 aromatic carbocycles. The summed E-state index contributed by atoms with van der Waals surface area (Å²) < 4.78 is 0. The number of ketones is 1. The number of rotatable bonds is 3. The summed E-state index contributed by atoms with van der Waals surface area (Å²) in [6.07, 6.45) is 5.35. The first kappa shape index (κ1) is 10.1. The molecule has 13 heavy (non-hydrogen) atoms. The van der Waals surface area contributed by atoms with Gasteiger partial charge in [-0.1, -0.05) is 6.08 Å². The van der Waals surface area contributed by atoms with Crippen molar-refractivity contribution in [2.75, 3.05) is 6.26 Å². The van der Waals surface area contributed by atoms with Crippen molar-refractivity contribution in [3.8, 4) is 0 Å². The molecule has 1 rings (SSSR count). The molecule has 0 aromatic heterocycles. The predicted octanol–water partition coefficient (Wildman–Crippen LogP) is 3.17. The van der Waals surface area contributed by atoms with E-state index in [9.17, 15) is 4.79 Å². The van der Waals surface area contributed by atoms with Crippen molar-refractivity contribution in [2.45, 2.75) is 11.8 Å². The van der Waals surface area contributed by atoms with E-state index in [-0.39, 0.29) is 5.78 Å². The van der Waals surface area contributed by atoms with Crippen LogP contribution >= 0.6 is 11.8 Å². The van der Waals surface area contributed by atoms with Gasteiger partial charge in [0.1, 0.15) is 0 Å². The van der Waals surface area contributed by atoms with Crippen molar-refractivity contribution in [3.05, 3.63) is 42.0 Å². The number of allylic oxidation sites excluding steroid dienone is 2. The van der Waals surface area contributed by atoms with Crippen LogP contribution in [0.15, 0.2) is 41.3 Å². The molecule has 0 aliphatic heterocycles. The molecule has 0 N–H and O–H groups in total. The van der Waals surface area contributed by atoms with Crippen molar-refractivity contribution in [1.29, 1.82) is 0 Å².